The fourth-order valence-electron chi connectivity index (χ4n) is 2.93. The van der Waals surface area contributed by atoms with E-state index in [0.717, 1.165) is 36.9 Å². The Morgan fingerprint density at radius 1 is 1.00 bits per heavy atom. The lowest BCUT2D eigenvalue weighted by Crippen LogP contribution is -2.54. The lowest BCUT2D eigenvalue weighted by atomic mass is 10.1. The van der Waals surface area contributed by atoms with Gasteiger partial charge in [0, 0.05) is 38.8 Å². The van der Waals surface area contributed by atoms with Gasteiger partial charge >= 0.3 is 11.8 Å². The van der Waals surface area contributed by atoms with E-state index >= 15 is 0 Å². The Kier molecular flexibility index (Phi) is 6.98. The fourth-order valence-corrected chi connectivity index (χ4v) is 2.93. The van der Waals surface area contributed by atoms with Gasteiger partial charge in [0.25, 0.3) is 0 Å². The summed E-state index contributed by atoms with van der Waals surface area (Å²) in [6.45, 7) is 5.85. The number of unbranched alkanes of at least 4 members (excludes halogenated alkanes) is 3. The summed E-state index contributed by atoms with van der Waals surface area (Å²) < 4.78 is 0. The molecular weight excluding hydrogens is 318 g/mol. The van der Waals surface area contributed by atoms with Crippen molar-refractivity contribution in [1.82, 2.24) is 9.80 Å². The van der Waals surface area contributed by atoms with E-state index in [0.29, 0.717) is 26.2 Å². The molecule has 0 aliphatic carbocycles. The van der Waals surface area contributed by atoms with Gasteiger partial charge in [-0.3, -0.25) is 14.4 Å². The molecule has 6 nitrogen and oxygen atoms in total. The summed E-state index contributed by atoms with van der Waals surface area (Å²) in [7, 11) is 0. The predicted octanol–water partition coefficient (Wildman–Crippen LogP) is 2.40. The molecule has 0 unspecified atom stereocenters. The minimum Gasteiger partial charge on any atom is -0.333 e. The van der Waals surface area contributed by atoms with Gasteiger partial charge in [0.1, 0.15) is 0 Å². The highest BCUT2D eigenvalue weighted by atomic mass is 16.2. The number of nitrogens with zero attached hydrogens (tertiary/aromatic N) is 2. The zero-order valence-electron chi connectivity index (χ0n) is 15.1. The molecule has 1 saturated heterocycles. The predicted molar refractivity (Wildman–Crippen MR) is 96.9 cm³/mol. The van der Waals surface area contributed by atoms with Gasteiger partial charge in [-0.05, 0) is 24.1 Å². The molecule has 0 saturated carbocycles. The molecule has 6 heteroatoms. The number of hydrogen-bond donors (Lipinski definition) is 1. The third kappa shape index (κ3) is 5.59. The van der Waals surface area contributed by atoms with Crippen LogP contribution in [0.3, 0.4) is 0 Å². The van der Waals surface area contributed by atoms with Crippen molar-refractivity contribution in [3.8, 4) is 0 Å². The summed E-state index contributed by atoms with van der Waals surface area (Å²) >= 11 is 0. The number of rotatable bonds is 8. The quantitative estimate of drug-likeness (QED) is 0.581. The van der Waals surface area contributed by atoms with Gasteiger partial charge in [0.15, 0.2) is 0 Å². The van der Waals surface area contributed by atoms with Gasteiger partial charge in [-0.25, -0.2) is 0 Å². The number of amides is 3. The van der Waals surface area contributed by atoms with E-state index in [-0.39, 0.29) is 5.91 Å². The van der Waals surface area contributed by atoms with Crippen LogP contribution in [0.25, 0.3) is 0 Å². The molecule has 3 amide bonds. The van der Waals surface area contributed by atoms with Crippen molar-refractivity contribution < 1.29 is 14.4 Å². The second kappa shape index (κ2) is 9.20. The molecule has 25 heavy (non-hydrogen) atoms. The second-order valence-electron chi connectivity index (χ2n) is 6.46. The largest absolute Gasteiger partial charge is 0.333 e. The van der Waals surface area contributed by atoms with Gasteiger partial charge in [0.2, 0.25) is 5.91 Å². The van der Waals surface area contributed by atoms with Gasteiger partial charge in [-0.1, -0.05) is 38.3 Å². The Hall–Kier alpha value is -2.37. The van der Waals surface area contributed by atoms with Crippen molar-refractivity contribution in [3.05, 3.63) is 29.8 Å². The van der Waals surface area contributed by atoms with Crippen molar-refractivity contribution in [2.75, 3.05) is 25.0 Å². The van der Waals surface area contributed by atoms with Crippen LogP contribution in [0.5, 0.6) is 0 Å². The first-order chi connectivity index (χ1) is 12.0. The van der Waals surface area contributed by atoms with E-state index in [4.69, 9.17) is 0 Å². The van der Waals surface area contributed by atoms with Gasteiger partial charge in [-0.15, -0.1) is 0 Å². The van der Waals surface area contributed by atoms with Crippen LogP contribution in [0, 0.1) is 0 Å². The molecule has 0 radical (unpaired) electrons. The Bertz CT molecular complexity index is 613. The third-order valence-electron chi connectivity index (χ3n) is 4.33. The monoisotopic (exact) mass is 345 g/mol. The van der Waals surface area contributed by atoms with Gasteiger partial charge in [-0.2, -0.15) is 0 Å². The Morgan fingerprint density at radius 2 is 1.64 bits per heavy atom. The first-order valence-corrected chi connectivity index (χ1v) is 8.96. The average Bonchev–Trinajstić information content (AvgIpc) is 2.59. The molecule has 1 aromatic carbocycles. The van der Waals surface area contributed by atoms with Gasteiger partial charge in [0.05, 0.1) is 0 Å². The van der Waals surface area contributed by atoms with Crippen LogP contribution in [0.15, 0.2) is 24.3 Å². The molecule has 1 heterocycles. The molecule has 0 spiro atoms. The molecule has 0 atom stereocenters. The fraction of sp³-hybridized carbons (Fsp3) is 0.526. The van der Waals surface area contributed by atoms with E-state index in [9.17, 15) is 14.4 Å². The topological polar surface area (TPSA) is 69.7 Å². The normalized spacial score (nSPS) is 14.8. The highest BCUT2D eigenvalue weighted by molar-refractivity contribution is 6.35. The van der Waals surface area contributed by atoms with E-state index in [1.165, 1.54) is 6.92 Å². The van der Waals surface area contributed by atoms with Crippen LogP contribution in [-0.2, 0) is 20.9 Å². The number of hydrogen-bond acceptors (Lipinski definition) is 3. The van der Waals surface area contributed by atoms with Crippen LogP contribution in [0.2, 0.25) is 0 Å². The minimum absolute atomic E-state index is 0.122. The maximum Gasteiger partial charge on any atom is 0.312 e. The van der Waals surface area contributed by atoms with Crippen LogP contribution >= 0.6 is 0 Å². The van der Waals surface area contributed by atoms with Crippen LogP contribution in [0.4, 0.5) is 5.69 Å². The van der Waals surface area contributed by atoms with E-state index in [1.54, 1.807) is 21.9 Å². The molecule has 0 bridgehead atoms. The van der Waals surface area contributed by atoms with Crippen LogP contribution < -0.4 is 5.32 Å². The van der Waals surface area contributed by atoms with Crippen molar-refractivity contribution in [1.29, 1.82) is 0 Å². The number of anilines is 1. The first-order valence-electron chi connectivity index (χ1n) is 8.96. The standard InChI is InChI=1S/C19H27N3O3/c1-3-4-5-6-11-21-12-13-22(19(25)18(21)24)14-16-7-9-17(10-8-16)20-15(2)23/h7-10H,3-6,11-14H2,1-2H3,(H,20,23). The smallest absolute Gasteiger partial charge is 0.312 e. The zero-order valence-corrected chi connectivity index (χ0v) is 15.1. The van der Waals surface area contributed by atoms with E-state index in [2.05, 4.69) is 12.2 Å². The van der Waals surface area contributed by atoms with Crippen molar-refractivity contribution in [2.24, 2.45) is 0 Å². The second-order valence-corrected chi connectivity index (χ2v) is 6.46. The summed E-state index contributed by atoms with van der Waals surface area (Å²) in [5, 5.41) is 2.71. The maximum atomic E-state index is 12.3. The zero-order chi connectivity index (χ0) is 18.2. The molecule has 1 fully saturated rings. The summed E-state index contributed by atoms with van der Waals surface area (Å²) in [5.41, 5.74) is 1.65. The van der Waals surface area contributed by atoms with E-state index < -0.39 is 11.8 Å². The van der Waals surface area contributed by atoms with Crippen LogP contribution in [0.1, 0.15) is 45.1 Å². The number of piperazine rings is 1. The molecule has 1 aliphatic rings. The highest BCUT2D eigenvalue weighted by Gasteiger charge is 2.31. The lowest BCUT2D eigenvalue weighted by molar-refractivity contribution is -0.156. The van der Waals surface area contributed by atoms with E-state index in [1.807, 2.05) is 12.1 Å². The summed E-state index contributed by atoms with van der Waals surface area (Å²) in [4.78, 5) is 38.9. The average molecular weight is 345 g/mol. The van der Waals surface area contributed by atoms with Crippen molar-refractivity contribution >= 4 is 23.4 Å². The summed E-state index contributed by atoms with van der Waals surface area (Å²) in [6.07, 6.45) is 4.37. The molecule has 136 valence electrons. The number of benzene rings is 1. The minimum atomic E-state index is -0.423. The Balaban J connectivity index is 1.86. The van der Waals surface area contributed by atoms with Gasteiger partial charge < -0.3 is 15.1 Å². The SMILES string of the molecule is CCCCCCN1CCN(Cc2ccc(NC(C)=O)cc2)C(=O)C1=O. The molecule has 1 aromatic rings. The molecular formula is C19H27N3O3. The number of carbonyl (C=O) groups excluding carboxylic acids is 3. The third-order valence-corrected chi connectivity index (χ3v) is 4.33. The first kappa shape index (κ1) is 19.0. The number of nitrogens with one attached hydrogen (secondary N) is 1. The summed E-state index contributed by atoms with van der Waals surface area (Å²) in [5.74, 6) is -0.936. The Morgan fingerprint density at radius 3 is 2.28 bits per heavy atom. The molecule has 1 N–H and O–H groups in total. The lowest BCUT2D eigenvalue weighted by Gasteiger charge is -2.33. The molecule has 1 aliphatic heterocycles. The number of carbonyl (C=O) groups is 3. The van der Waals surface area contributed by atoms with Crippen molar-refractivity contribution in [2.45, 2.75) is 46.1 Å². The Labute approximate surface area is 149 Å². The highest BCUT2D eigenvalue weighted by Crippen LogP contribution is 2.14. The van der Waals surface area contributed by atoms with Crippen LogP contribution in [-0.4, -0.2) is 47.2 Å². The summed E-state index contributed by atoms with van der Waals surface area (Å²) in [6, 6.07) is 7.32. The van der Waals surface area contributed by atoms with Crippen molar-refractivity contribution in [3.63, 3.8) is 0 Å². The molecule has 0 aromatic heterocycles. The molecule has 2 rings (SSSR count). The maximum absolute atomic E-state index is 12.3.